The first-order valence-corrected chi connectivity index (χ1v) is 7.13. The van der Waals surface area contributed by atoms with Crippen molar-refractivity contribution in [2.24, 2.45) is 11.8 Å². The van der Waals surface area contributed by atoms with Gasteiger partial charge in [-0.2, -0.15) is 4.37 Å². The van der Waals surface area contributed by atoms with Crippen LogP contribution in [0.1, 0.15) is 45.4 Å². The Morgan fingerprint density at radius 3 is 3.00 bits per heavy atom. The van der Waals surface area contributed by atoms with Crippen molar-refractivity contribution in [3.8, 4) is 0 Å². The Labute approximate surface area is 102 Å². The minimum atomic E-state index is 0.832. The van der Waals surface area contributed by atoms with Crippen LogP contribution in [0.3, 0.4) is 0 Å². The van der Waals surface area contributed by atoms with Gasteiger partial charge < -0.3 is 5.32 Å². The molecular formula is C12H21N3S. The molecule has 4 heteroatoms. The summed E-state index contributed by atoms with van der Waals surface area (Å²) in [5.74, 6) is 2.70. The van der Waals surface area contributed by atoms with Gasteiger partial charge in [0.2, 0.25) is 5.13 Å². The fraction of sp³-hybridized carbons (Fsp3) is 0.833. The second-order valence-corrected chi connectivity index (χ2v) is 5.57. The molecule has 16 heavy (non-hydrogen) atoms. The Hall–Kier alpha value is -0.640. The van der Waals surface area contributed by atoms with Crippen LogP contribution in [0.25, 0.3) is 0 Å². The molecule has 2 unspecified atom stereocenters. The van der Waals surface area contributed by atoms with Crippen LogP contribution >= 0.6 is 11.5 Å². The van der Waals surface area contributed by atoms with Gasteiger partial charge in [-0.1, -0.05) is 26.7 Å². The zero-order chi connectivity index (χ0) is 11.4. The lowest BCUT2D eigenvalue weighted by atomic mass is 9.98. The number of nitrogens with zero attached hydrogens (tertiary/aromatic N) is 2. The van der Waals surface area contributed by atoms with Gasteiger partial charge in [-0.3, -0.25) is 0 Å². The van der Waals surface area contributed by atoms with E-state index in [4.69, 9.17) is 0 Å². The topological polar surface area (TPSA) is 37.8 Å². The van der Waals surface area contributed by atoms with Gasteiger partial charge in [-0.25, -0.2) is 4.98 Å². The first-order valence-electron chi connectivity index (χ1n) is 6.36. The average Bonchev–Trinajstić information content (AvgIpc) is 2.86. The Morgan fingerprint density at radius 1 is 1.44 bits per heavy atom. The monoisotopic (exact) mass is 239 g/mol. The first-order chi connectivity index (χ1) is 7.79. The van der Waals surface area contributed by atoms with E-state index in [1.807, 2.05) is 0 Å². The summed E-state index contributed by atoms with van der Waals surface area (Å²) in [6, 6.07) is 0. The molecule has 1 aromatic rings. The van der Waals surface area contributed by atoms with Gasteiger partial charge >= 0.3 is 0 Å². The summed E-state index contributed by atoms with van der Waals surface area (Å²) in [5, 5.41) is 4.44. The smallest absolute Gasteiger partial charge is 0.202 e. The van der Waals surface area contributed by atoms with Crippen molar-refractivity contribution in [1.29, 1.82) is 0 Å². The van der Waals surface area contributed by atoms with Crippen LogP contribution in [0.4, 0.5) is 5.13 Å². The molecule has 1 aromatic heterocycles. The molecule has 3 nitrogen and oxygen atoms in total. The summed E-state index contributed by atoms with van der Waals surface area (Å²) >= 11 is 1.50. The lowest BCUT2D eigenvalue weighted by molar-refractivity contribution is 0.439. The van der Waals surface area contributed by atoms with Crippen LogP contribution < -0.4 is 5.32 Å². The van der Waals surface area contributed by atoms with Crippen LogP contribution in [0.5, 0.6) is 0 Å². The Balaban J connectivity index is 1.80. The fourth-order valence-corrected chi connectivity index (χ4v) is 3.01. The third-order valence-electron chi connectivity index (χ3n) is 3.50. The van der Waals surface area contributed by atoms with Crippen molar-refractivity contribution < 1.29 is 0 Å². The molecule has 0 radical (unpaired) electrons. The molecule has 0 saturated heterocycles. The molecule has 1 heterocycles. The summed E-state index contributed by atoms with van der Waals surface area (Å²) in [6.45, 7) is 5.60. The van der Waals surface area contributed by atoms with E-state index in [1.165, 1.54) is 30.8 Å². The first kappa shape index (κ1) is 11.8. The average molecular weight is 239 g/mol. The zero-order valence-electron chi connectivity index (χ0n) is 10.2. The van der Waals surface area contributed by atoms with E-state index in [1.54, 1.807) is 0 Å². The van der Waals surface area contributed by atoms with E-state index in [0.717, 1.165) is 42.2 Å². The van der Waals surface area contributed by atoms with Gasteiger partial charge in [0, 0.05) is 24.5 Å². The van der Waals surface area contributed by atoms with E-state index in [0.29, 0.717) is 0 Å². The zero-order valence-corrected chi connectivity index (χ0v) is 11.0. The summed E-state index contributed by atoms with van der Waals surface area (Å²) in [5.41, 5.74) is 0. The Morgan fingerprint density at radius 2 is 2.31 bits per heavy atom. The summed E-state index contributed by atoms with van der Waals surface area (Å²) in [7, 11) is 0. The number of aromatic nitrogens is 2. The molecule has 2 rings (SSSR count). The lowest BCUT2D eigenvalue weighted by Gasteiger charge is -2.14. The van der Waals surface area contributed by atoms with E-state index < -0.39 is 0 Å². The number of rotatable bonds is 5. The van der Waals surface area contributed by atoms with E-state index in [9.17, 15) is 0 Å². The standard InChI is InChI=1S/C12H21N3S/c1-3-5-11-14-12(16-15-11)13-8-10-7-4-6-9(10)2/h9-10H,3-8H2,1-2H3,(H,13,14,15). The van der Waals surface area contributed by atoms with Gasteiger partial charge in [0.25, 0.3) is 0 Å². The van der Waals surface area contributed by atoms with Crippen LogP contribution in [-0.4, -0.2) is 15.9 Å². The molecule has 0 bridgehead atoms. The van der Waals surface area contributed by atoms with Crippen molar-refractivity contribution in [1.82, 2.24) is 9.36 Å². The highest BCUT2D eigenvalue weighted by Gasteiger charge is 2.23. The van der Waals surface area contributed by atoms with Gasteiger partial charge in [0.1, 0.15) is 5.82 Å². The molecule has 0 aromatic carbocycles. The van der Waals surface area contributed by atoms with E-state index >= 15 is 0 Å². The van der Waals surface area contributed by atoms with Crippen molar-refractivity contribution in [3.05, 3.63) is 5.82 Å². The third-order valence-corrected chi connectivity index (χ3v) is 4.21. The minimum Gasteiger partial charge on any atom is -0.360 e. The molecule has 90 valence electrons. The van der Waals surface area contributed by atoms with Crippen molar-refractivity contribution >= 4 is 16.7 Å². The number of hydrogen-bond acceptors (Lipinski definition) is 4. The van der Waals surface area contributed by atoms with Crippen molar-refractivity contribution in [2.75, 3.05) is 11.9 Å². The maximum Gasteiger partial charge on any atom is 0.202 e. The number of aryl methyl sites for hydroxylation is 1. The summed E-state index contributed by atoms with van der Waals surface area (Å²) < 4.78 is 4.34. The van der Waals surface area contributed by atoms with E-state index in [-0.39, 0.29) is 0 Å². The molecule has 1 saturated carbocycles. The molecule has 2 atom stereocenters. The predicted octanol–water partition coefficient (Wildman–Crippen LogP) is 3.34. The predicted molar refractivity (Wildman–Crippen MR) is 68.9 cm³/mol. The van der Waals surface area contributed by atoms with Gasteiger partial charge in [0.15, 0.2) is 0 Å². The molecule has 1 fully saturated rings. The highest BCUT2D eigenvalue weighted by molar-refractivity contribution is 7.09. The fourth-order valence-electron chi connectivity index (χ4n) is 2.39. The van der Waals surface area contributed by atoms with Crippen LogP contribution in [0, 0.1) is 11.8 Å². The van der Waals surface area contributed by atoms with E-state index in [2.05, 4.69) is 28.5 Å². The molecule has 0 spiro atoms. The second kappa shape index (κ2) is 5.62. The maximum absolute atomic E-state index is 4.48. The molecule has 1 aliphatic rings. The highest BCUT2D eigenvalue weighted by Crippen LogP contribution is 2.31. The summed E-state index contributed by atoms with van der Waals surface area (Å²) in [6.07, 6.45) is 6.27. The van der Waals surface area contributed by atoms with Crippen molar-refractivity contribution in [3.63, 3.8) is 0 Å². The Kier molecular flexibility index (Phi) is 4.16. The maximum atomic E-state index is 4.48. The number of nitrogens with one attached hydrogen (secondary N) is 1. The minimum absolute atomic E-state index is 0.832. The quantitative estimate of drug-likeness (QED) is 0.856. The summed E-state index contributed by atoms with van der Waals surface area (Å²) in [4.78, 5) is 4.48. The second-order valence-electron chi connectivity index (χ2n) is 4.81. The number of anilines is 1. The van der Waals surface area contributed by atoms with Gasteiger partial charge in [-0.15, -0.1) is 0 Å². The largest absolute Gasteiger partial charge is 0.360 e. The number of hydrogen-bond donors (Lipinski definition) is 1. The van der Waals surface area contributed by atoms with Crippen LogP contribution in [-0.2, 0) is 6.42 Å². The molecule has 0 aliphatic heterocycles. The van der Waals surface area contributed by atoms with Gasteiger partial charge in [-0.05, 0) is 24.7 Å². The molecule has 1 N–H and O–H groups in total. The molecule has 1 aliphatic carbocycles. The van der Waals surface area contributed by atoms with Crippen LogP contribution in [0.15, 0.2) is 0 Å². The molecule has 0 amide bonds. The molecular weight excluding hydrogens is 218 g/mol. The lowest BCUT2D eigenvalue weighted by Crippen LogP contribution is -2.16. The third kappa shape index (κ3) is 2.94. The van der Waals surface area contributed by atoms with Crippen LogP contribution in [0.2, 0.25) is 0 Å². The SMILES string of the molecule is CCCc1nsc(NCC2CCCC2C)n1. The highest BCUT2D eigenvalue weighted by atomic mass is 32.1. The normalized spacial score (nSPS) is 24.9. The van der Waals surface area contributed by atoms with Crippen molar-refractivity contribution in [2.45, 2.75) is 46.0 Å². The Bertz CT molecular complexity index is 324. The van der Waals surface area contributed by atoms with Gasteiger partial charge in [0.05, 0.1) is 0 Å².